The first-order valence-corrected chi connectivity index (χ1v) is 7.43. The Balaban J connectivity index is 0.000000277. The highest BCUT2D eigenvalue weighted by molar-refractivity contribution is 5.82. The van der Waals surface area contributed by atoms with Crippen LogP contribution in [0.15, 0.2) is 66.2 Å². The smallest absolute Gasteiger partial charge is 0.160 e. The molecule has 0 saturated heterocycles. The summed E-state index contributed by atoms with van der Waals surface area (Å²) in [5.74, 6) is 0.793. The first-order chi connectivity index (χ1) is 11.1. The predicted octanol–water partition coefficient (Wildman–Crippen LogP) is 5.08. The normalized spacial score (nSPS) is 9.48. The molecule has 0 saturated carbocycles. The standard InChI is InChI=1S/C15H12N2.C5H7N/c1-11-13-9-5-6-10-14(13)17-15(16-11)12-7-3-2-4-8-12;1-5(2)3-4-6/h2-10H,1H3;3H,1-2H3. The van der Waals surface area contributed by atoms with Crippen LogP contribution in [0.2, 0.25) is 0 Å². The first kappa shape index (κ1) is 16.4. The summed E-state index contributed by atoms with van der Waals surface area (Å²) < 4.78 is 0. The average molecular weight is 301 g/mol. The molecule has 0 aliphatic heterocycles. The predicted molar refractivity (Wildman–Crippen MR) is 94.8 cm³/mol. The molecule has 0 N–H and O–H groups in total. The number of para-hydroxylation sites is 1. The SMILES string of the molecule is CC(C)=CC#N.Cc1nc(-c2ccccc2)nc2ccccc12. The Kier molecular flexibility index (Phi) is 5.60. The summed E-state index contributed by atoms with van der Waals surface area (Å²) in [4.78, 5) is 9.16. The van der Waals surface area contributed by atoms with Crippen LogP contribution in [0.25, 0.3) is 22.3 Å². The molecule has 0 unspecified atom stereocenters. The minimum Gasteiger partial charge on any atom is -0.233 e. The molecule has 1 heterocycles. The van der Waals surface area contributed by atoms with Crippen molar-refractivity contribution in [2.75, 3.05) is 0 Å². The third-order valence-electron chi connectivity index (χ3n) is 3.18. The van der Waals surface area contributed by atoms with Gasteiger partial charge in [0.05, 0.1) is 11.6 Å². The van der Waals surface area contributed by atoms with E-state index in [1.807, 2.05) is 75.4 Å². The van der Waals surface area contributed by atoms with E-state index in [2.05, 4.69) is 16.0 Å². The van der Waals surface area contributed by atoms with Crippen LogP contribution in [0.3, 0.4) is 0 Å². The fourth-order valence-corrected chi connectivity index (χ4v) is 2.08. The molecule has 0 aliphatic rings. The van der Waals surface area contributed by atoms with Crippen LogP contribution >= 0.6 is 0 Å². The highest BCUT2D eigenvalue weighted by atomic mass is 14.9. The molecule has 1 aromatic heterocycles. The van der Waals surface area contributed by atoms with Crippen LogP contribution in [0.1, 0.15) is 19.5 Å². The molecule has 2 aromatic carbocycles. The highest BCUT2D eigenvalue weighted by Crippen LogP contribution is 2.20. The average Bonchev–Trinajstić information content (AvgIpc) is 2.56. The van der Waals surface area contributed by atoms with Gasteiger partial charge in [0.1, 0.15) is 0 Å². The van der Waals surface area contributed by atoms with Gasteiger partial charge in [-0.05, 0) is 26.8 Å². The largest absolute Gasteiger partial charge is 0.233 e. The lowest BCUT2D eigenvalue weighted by Gasteiger charge is -2.05. The second kappa shape index (κ2) is 7.86. The molecule has 3 heteroatoms. The van der Waals surface area contributed by atoms with E-state index in [-0.39, 0.29) is 0 Å². The zero-order valence-electron chi connectivity index (χ0n) is 13.6. The number of aryl methyl sites for hydroxylation is 1. The van der Waals surface area contributed by atoms with E-state index < -0.39 is 0 Å². The van der Waals surface area contributed by atoms with Crippen molar-refractivity contribution >= 4 is 10.9 Å². The van der Waals surface area contributed by atoms with Gasteiger partial charge in [0.25, 0.3) is 0 Å². The Bertz CT molecular complexity index is 855. The number of rotatable bonds is 1. The van der Waals surface area contributed by atoms with Crippen molar-refractivity contribution in [1.82, 2.24) is 9.97 Å². The second-order valence-electron chi connectivity index (χ2n) is 5.37. The van der Waals surface area contributed by atoms with Crippen LogP contribution in [-0.2, 0) is 0 Å². The molecule has 0 aliphatic carbocycles. The fraction of sp³-hybridized carbons (Fsp3) is 0.150. The Morgan fingerprint density at radius 1 is 0.957 bits per heavy atom. The molecule has 0 bridgehead atoms. The van der Waals surface area contributed by atoms with E-state index in [1.165, 1.54) is 6.08 Å². The van der Waals surface area contributed by atoms with E-state index >= 15 is 0 Å². The Hall–Kier alpha value is -2.99. The Morgan fingerprint density at radius 3 is 2.22 bits per heavy atom. The highest BCUT2D eigenvalue weighted by Gasteiger charge is 2.05. The van der Waals surface area contributed by atoms with Gasteiger partial charge in [-0.3, -0.25) is 0 Å². The number of allylic oxidation sites excluding steroid dienone is 2. The van der Waals surface area contributed by atoms with Gasteiger partial charge >= 0.3 is 0 Å². The molecule has 23 heavy (non-hydrogen) atoms. The molecule has 0 fully saturated rings. The van der Waals surface area contributed by atoms with Crippen LogP contribution in [0.4, 0.5) is 0 Å². The maximum Gasteiger partial charge on any atom is 0.160 e. The Labute approximate surface area is 137 Å². The van der Waals surface area contributed by atoms with Gasteiger partial charge in [-0.2, -0.15) is 5.26 Å². The van der Waals surface area contributed by atoms with E-state index in [4.69, 9.17) is 5.26 Å². The van der Waals surface area contributed by atoms with Crippen molar-refractivity contribution in [3.05, 3.63) is 71.9 Å². The molecule has 3 nitrogen and oxygen atoms in total. The summed E-state index contributed by atoms with van der Waals surface area (Å²) in [5, 5.41) is 9.03. The summed E-state index contributed by atoms with van der Waals surface area (Å²) in [7, 11) is 0. The topological polar surface area (TPSA) is 49.6 Å². The lowest BCUT2D eigenvalue weighted by atomic mass is 10.1. The van der Waals surface area contributed by atoms with Crippen LogP contribution < -0.4 is 0 Å². The summed E-state index contributed by atoms with van der Waals surface area (Å²) in [6, 6.07) is 20.1. The number of fused-ring (bicyclic) bond motifs is 1. The molecule has 3 rings (SSSR count). The molecule has 3 aromatic rings. The molecular weight excluding hydrogens is 282 g/mol. The first-order valence-electron chi connectivity index (χ1n) is 7.43. The minimum absolute atomic E-state index is 0.793. The van der Waals surface area contributed by atoms with Crippen molar-refractivity contribution in [3.8, 4) is 17.5 Å². The van der Waals surface area contributed by atoms with Crippen molar-refractivity contribution in [2.45, 2.75) is 20.8 Å². The van der Waals surface area contributed by atoms with E-state index in [9.17, 15) is 0 Å². The number of hydrogen-bond donors (Lipinski definition) is 0. The van der Waals surface area contributed by atoms with Crippen molar-refractivity contribution < 1.29 is 0 Å². The van der Waals surface area contributed by atoms with Gasteiger partial charge in [0, 0.05) is 22.7 Å². The van der Waals surface area contributed by atoms with Gasteiger partial charge in [-0.1, -0.05) is 54.1 Å². The summed E-state index contributed by atoms with van der Waals surface area (Å²) in [6.45, 7) is 5.81. The van der Waals surface area contributed by atoms with Gasteiger partial charge in [0.2, 0.25) is 0 Å². The van der Waals surface area contributed by atoms with Gasteiger partial charge in [0.15, 0.2) is 5.82 Å². The molecule has 114 valence electrons. The molecule has 0 spiro atoms. The van der Waals surface area contributed by atoms with Gasteiger partial charge in [-0.25, -0.2) is 9.97 Å². The number of hydrogen-bond acceptors (Lipinski definition) is 3. The van der Waals surface area contributed by atoms with Crippen molar-refractivity contribution in [2.24, 2.45) is 0 Å². The minimum atomic E-state index is 0.793. The third-order valence-corrected chi connectivity index (χ3v) is 3.18. The van der Waals surface area contributed by atoms with Crippen molar-refractivity contribution in [1.29, 1.82) is 5.26 Å². The second-order valence-corrected chi connectivity index (χ2v) is 5.37. The zero-order chi connectivity index (χ0) is 16.7. The maximum absolute atomic E-state index is 7.91. The molecule has 0 radical (unpaired) electrons. The maximum atomic E-state index is 7.91. The molecule has 0 amide bonds. The number of aromatic nitrogens is 2. The van der Waals surface area contributed by atoms with E-state index in [1.54, 1.807) is 0 Å². The Morgan fingerprint density at radius 2 is 1.61 bits per heavy atom. The van der Waals surface area contributed by atoms with Crippen LogP contribution in [-0.4, -0.2) is 9.97 Å². The summed E-state index contributed by atoms with van der Waals surface area (Å²) in [5.41, 5.74) is 4.13. The fourth-order valence-electron chi connectivity index (χ4n) is 2.08. The van der Waals surface area contributed by atoms with Gasteiger partial charge in [-0.15, -0.1) is 0 Å². The third kappa shape index (κ3) is 4.49. The molecule has 0 atom stereocenters. The van der Waals surface area contributed by atoms with E-state index in [0.29, 0.717) is 0 Å². The monoisotopic (exact) mass is 301 g/mol. The lowest BCUT2D eigenvalue weighted by molar-refractivity contribution is 1.16. The quantitative estimate of drug-likeness (QED) is 0.589. The number of nitriles is 1. The molecular formula is C20H19N3. The number of benzene rings is 2. The number of nitrogens with zero attached hydrogens (tertiary/aromatic N) is 3. The van der Waals surface area contributed by atoms with E-state index in [0.717, 1.165) is 33.6 Å². The van der Waals surface area contributed by atoms with Crippen molar-refractivity contribution in [3.63, 3.8) is 0 Å². The van der Waals surface area contributed by atoms with Gasteiger partial charge < -0.3 is 0 Å². The summed E-state index contributed by atoms with van der Waals surface area (Å²) in [6.07, 6.45) is 1.51. The van der Waals surface area contributed by atoms with Crippen LogP contribution in [0, 0.1) is 18.3 Å². The zero-order valence-corrected chi connectivity index (χ0v) is 13.6. The lowest BCUT2D eigenvalue weighted by Crippen LogP contribution is -1.93. The summed E-state index contributed by atoms with van der Waals surface area (Å²) >= 11 is 0. The van der Waals surface area contributed by atoms with Crippen LogP contribution in [0.5, 0.6) is 0 Å².